The van der Waals surface area contributed by atoms with Gasteiger partial charge in [-0.1, -0.05) is 0 Å². The minimum Gasteiger partial charge on any atom is -0.497 e. The molecule has 0 bridgehead atoms. The van der Waals surface area contributed by atoms with Gasteiger partial charge in [0.15, 0.2) is 0 Å². The van der Waals surface area contributed by atoms with E-state index in [1.54, 1.807) is 14.2 Å². The van der Waals surface area contributed by atoms with Crippen LogP contribution in [0.2, 0.25) is 0 Å². The summed E-state index contributed by atoms with van der Waals surface area (Å²) in [5, 5.41) is 8.93. The molecule has 1 aromatic heterocycles. The molecule has 1 saturated heterocycles. The largest absolute Gasteiger partial charge is 0.497 e. The topological polar surface area (TPSA) is 69.6 Å². The highest BCUT2D eigenvalue weighted by atomic mass is 16.5. The van der Waals surface area contributed by atoms with Crippen molar-refractivity contribution >= 4 is 5.95 Å². The quantitative estimate of drug-likeness (QED) is 0.676. The van der Waals surface area contributed by atoms with Crippen molar-refractivity contribution in [2.75, 3.05) is 45.4 Å². The molecule has 0 atom stereocenters. The third-order valence-electron chi connectivity index (χ3n) is 4.70. The van der Waals surface area contributed by atoms with Crippen molar-refractivity contribution in [1.82, 2.24) is 15.2 Å². The Morgan fingerprint density at radius 2 is 1.29 bits per heavy atom. The number of aromatic nitrogens is 3. The summed E-state index contributed by atoms with van der Waals surface area (Å²) in [6.07, 6.45) is 0. The number of anilines is 1. The van der Waals surface area contributed by atoms with E-state index in [1.807, 2.05) is 48.5 Å². The molecule has 7 nitrogen and oxygen atoms in total. The monoisotopic (exact) mass is 378 g/mol. The first-order valence-corrected chi connectivity index (χ1v) is 9.15. The van der Waals surface area contributed by atoms with Gasteiger partial charge >= 0.3 is 0 Å². The van der Waals surface area contributed by atoms with Gasteiger partial charge in [-0.2, -0.15) is 0 Å². The number of nitrogens with zero attached hydrogens (tertiary/aromatic N) is 4. The Morgan fingerprint density at radius 1 is 0.750 bits per heavy atom. The molecule has 0 amide bonds. The summed E-state index contributed by atoms with van der Waals surface area (Å²) in [5.41, 5.74) is 3.39. The minimum absolute atomic E-state index is 0.617. The van der Waals surface area contributed by atoms with Crippen LogP contribution in [0.1, 0.15) is 0 Å². The molecule has 28 heavy (non-hydrogen) atoms. The van der Waals surface area contributed by atoms with Crippen LogP contribution in [0, 0.1) is 0 Å². The number of benzene rings is 2. The normalized spacial score (nSPS) is 14.0. The summed E-state index contributed by atoms with van der Waals surface area (Å²) < 4.78 is 16.0. The molecule has 0 N–H and O–H groups in total. The third-order valence-corrected chi connectivity index (χ3v) is 4.70. The zero-order valence-corrected chi connectivity index (χ0v) is 16.0. The molecule has 3 aromatic rings. The first kappa shape index (κ1) is 18.2. The van der Waals surface area contributed by atoms with Gasteiger partial charge in [0.25, 0.3) is 0 Å². The molecule has 1 fully saturated rings. The van der Waals surface area contributed by atoms with Crippen molar-refractivity contribution < 1.29 is 14.2 Å². The molecule has 7 heteroatoms. The molecule has 0 saturated carbocycles. The maximum absolute atomic E-state index is 5.43. The zero-order chi connectivity index (χ0) is 19.3. The molecule has 4 rings (SSSR count). The Hall–Kier alpha value is -3.19. The van der Waals surface area contributed by atoms with E-state index in [1.165, 1.54) is 0 Å². The van der Waals surface area contributed by atoms with Crippen LogP contribution in [0.15, 0.2) is 48.5 Å². The minimum atomic E-state index is 0.617. The smallest absolute Gasteiger partial charge is 0.246 e. The van der Waals surface area contributed by atoms with Crippen molar-refractivity contribution in [3.05, 3.63) is 48.5 Å². The third kappa shape index (κ3) is 3.75. The van der Waals surface area contributed by atoms with Crippen LogP contribution in [0.5, 0.6) is 11.5 Å². The van der Waals surface area contributed by atoms with Gasteiger partial charge in [0.2, 0.25) is 5.95 Å². The van der Waals surface area contributed by atoms with Gasteiger partial charge in [0.1, 0.15) is 22.9 Å². The summed E-state index contributed by atoms with van der Waals surface area (Å²) >= 11 is 0. The van der Waals surface area contributed by atoms with E-state index in [0.717, 1.165) is 47.1 Å². The Bertz CT molecular complexity index is 923. The summed E-state index contributed by atoms with van der Waals surface area (Å²) in [6, 6.07) is 15.6. The first-order valence-electron chi connectivity index (χ1n) is 9.15. The lowest BCUT2D eigenvalue weighted by atomic mass is 10.0. The second-order valence-electron chi connectivity index (χ2n) is 6.37. The predicted molar refractivity (Wildman–Crippen MR) is 107 cm³/mol. The summed E-state index contributed by atoms with van der Waals surface area (Å²) in [6.45, 7) is 2.85. The van der Waals surface area contributed by atoms with Crippen LogP contribution in [0.4, 0.5) is 5.95 Å². The molecule has 2 aromatic carbocycles. The van der Waals surface area contributed by atoms with Crippen molar-refractivity contribution in [1.29, 1.82) is 0 Å². The van der Waals surface area contributed by atoms with Crippen LogP contribution in [0.3, 0.4) is 0 Å². The highest BCUT2D eigenvalue weighted by molar-refractivity contribution is 5.78. The second kappa shape index (κ2) is 8.22. The van der Waals surface area contributed by atoms with Gasteiger partial charge in [-0.3, -0.25) is 0 Å². The number of rotatable bonds is 5. The van der Waals surface area contributed by atoms with E-state index < -0.39 is 0 Å². The van der Waals surface area contributed by atoms with E-state index in [2.05, 4.69) is 15.1 Å². The Labute approximate surface area is 163 Å². The maximum atomic E-state index is 5.43. The van der Waals surface area contributed by atoms with Crippen LogP contribution < -0.4 is 14.4 Å². The molecular weight excluding hydrogens is 356 g/mol. The molecule has 0 spiro atoms. The molecule has 0 unspecified atom stereocenters. The standard InChI is InChI=1S/C21H22N4O3/c1-26-17-7-3-15(4-8-17)19-20(16-5-9-18(27-2)10-6-16)23-24-21(22-19)25-11-13-28-14-12-25/h3-10H,11-14H2,1-2H3. The number of hydrogen-bond acceptors (Lipinski definition) is 7. The first-order chi connectivity index (χ1) is 13.8. The van der Waals surface area contributed by atoms with Gasteiger partial charge in [0.05, 0.1) is 27.4 Å². The Morgan fingerprint density at radius 3 is 1.82 bits per heavy atom. The molecule has 0 aliphatic carbocycles. The van der Waals surface area contributed by atoms with Crippen LogP contribution in [0.25, 0.3) is 22.5 Å². The number of morpholine rings is 1. The average Bonchev–Trinajstić information content (AvgIpc) is 2.79. The van der Waals surface area contributed by atoms with Gasteiger partial charge < -0.3 is 19.1 Å². The average molecular weight is 378 g/mol. The van der Waals surface area contributed by atoms with Crippen molar-refractivity contribution in [2.45, 2.75) is 0 Å². The fourth-order valence-corrected chi connectivity index (χ4v) is 3.11. The number of hydrogen-bond donors (Lipinski definition) is 0. The van der Waals surface area contributed by atoms with Crippen LogP contribution >= 0.6 is 0 Å². The van der Waals surface area contributed by atoms with E-state index in [4.69, 9.17) is 19.2 Å². The van der Waals surface area contributed by atoms with E-state index >= 15 is 0 Å². The summed E-state index contributed by atoms with van der Waals surface area (Å²) in [7, 11) is 3.30. The Balaban J connectivity index is 1.78. The SMILES string of the molecule is COc1ccc(-c2nnc(N3CCOCC3)nc2-c2ccc(OC)cc2)cc1. The maximum Gasteiger partial charge on any atom is 0.246 e. The molecule has 1 aliphatic rings. The molecule has 2 heterocycles. The van der Waals surface area contributed by atoms with Crippen molar-refractivity contribution in [2.24, 2.45) is 0 Å². The lowest BCUT2D eigenvalue weighted by Crippen LogP contribution is -2.37. The Kier molecular flexibility index (Phi) is 5.34. The number of ether oxygens (including phenoxy) is 3. The number of methoxy groups -OCH3 is 2. The zero-order valence-electron chi connectivity index (χ0n) is 16.0. The molecule has 0 radical (unpaired) electrons. The summed E-state index contributed by atoms with van der Waals surface area (Å²) in [5.74, 6) is 2.21. The van der Waals surface area contributed by atoms with E-state index in [9.17, 15) is 0 Å². The van der Waals surface area contributed by atoms with Crippen LogP contribution in [-0.2, 0) is 4.74 Å². The van der Waals surface area contributed by atoms with E-state index in [-0.39, 0.29) is 0 Å². The van der Waals surface area contributed by atoms with E-state index in [0.29, 0.717) is 19.2 Å². The van der Waals surface area contributed by atoms with Gasteiger partial charge in [0, 0.05) is 24.2 Å². The highest BCUT2D eigenvalue weighted by Crippen LogP contribution is 2.31. The summed E-state index contributed by atoms with van der Waals surface area (Å²) in [4.78, 5) is 6.96. The van der Waals surface area contributed by atoms with Crippen molar-refractivity contribution in [3.8, 4) is 34.0 Å². The van der Waals surface area contributed by atoms with Gasteiger partial charge in [-0.15, -0.1) is 10.2 Å². The fraction of sp³-hybridized carbons (Fsp3) is 0.286. The molecule has 144 valence electrons. The fourth-order valence-electron chi connectivity index (χ4n) is 3.11. The molecular formula is C21H22N4O3. The predicted octanol–water partition coefficient (Wildman–Crippen LogP) is 3.06. The second-order valence-corrected chi connectivity index (χ2v) is 6.37. The van der Waals surface area contributed by atoms with Crippen LogP contribution in [-0.4, -0.2) is 55.7 Å². The lowest BCUT2D eigenvalue weighted by molar-refractivity contribution is 0.122. The van der Waals surface area contributed by atoms with Gasteiger partial charge in [-0.05, 0) is 48.5 Å². The lowest BCUT2D eigenvalue weighted by Gasteiger charge is -2.26. The highest BCUT2D eigenvalue weighted by Gasteiger charge is 2.19. The van der Waals surface area contributed by atoms with Crippen molar-refractivity contribution in [3.63, 3.8) is 0 Å². The molecule has 1 aliphatic heterocycles. The van der Waals surface area contributed by atoms with Gasteiger partial charge in [-0.25, -0.2) is 4.98 Å².